The van der Waals surface area contributed by atoms with Gasteiger partial charge in [-0.2, -0.15) is 0 Å². The lowest BCUT2D eigenvalue weighted by atomic mass is 10.2. The van der Waals surface area contributed by atoms with Crippen molar-refractivity contribution in [1.29, 1.82) is 0 Å². The van der Waals surface area contributed by atoms with E-state index in [1.54, 1.807) is 36.5 Å². The highest BCUT2D eigenvalue weighted by Crippen LogP contribution is 2.20. The maximum absolute atomic E-state index is 12.6. The smallest absolute Gasteiger partial charge is 0.255 e. The van der Waals surface area contributed by atoms with Gasteiger partial charge in [-0.1, -0.05) is 17.8 Å². The van der Waals surface area contributed by atoms with E-state index < -0.39 is 5.91 Å². The standard InChI is InChI=1S/C20H20N4O3S/c1-28-20-22-10-11-24(20)16-4-2-3-14(13-16)19(26)23-15-5-7-17(8-6-15)27-12-9-18(21)25/h2-8,10-11,13H,9,12H2,1H3,(H2,21,25)(H,23,26). The summed E-state index contributed by atoms with van der Waals surface area (Å²) in [4.78, 5) is 27.6. The fourth-order valence-electron chi connectivity index (χ4n) is 2.54. The number of thioether (sulfide) groups is 1. The van der Waals surface area contributed by atoms with Gasteiger partial charge in [0.15, 0.2) is 5.16 Å². The lowest BCUT2D eigenvalue weighted by Gasteiger charge is -2.10. The molecule has 3 rings (SSSR count). The van der Waals surface area contributed by atoms with Crippen molar-refractivity contribution in [3.63, 3.8) is 0 Å². The van der Waals surface area contributed by atoms with Crippen molar-refractivity contribution in [2.45, 2.75) is 11.6 Å². The molecule has 7 nitrogen and oxygen atoms in total. The highest BCUT2D eigenvalue weighted by molar-refractivity contribution is 7.98. The average molecular weight is 396 g/mol. The highest BCUT2D eigenvalue weighted by Gasteiger charge is 2.10. The van der Waals surface area contributed by atoms with E-state index in [1.165, 1.54) is 11.8 Å². The van der Waals surface area contributed by atoms with Crippen LogP contribution in [0.5, 0.6) is 5.75 Å². The first-order valence-corrected chi connectivity index (χ1v) is 9.79. The molecule has 0 spiro atoms. The van der Waals surface area contributed by atoms with Gasteiger partial charge in [0.1, 0.15) is 5.75 Å². The van der Waals surface area contributed by atoms with Crippen LogP contribution < -0.4 is 15.8 Å². The Bertz CT molecular complexity index is 970. The predicted molar refractivity (Wildman–Crippen MR) is 109 cm³/mol. The molecule has 8 heteroatoms. The molecular weight excluding hydrogens is 376 g/mol. The second-order valence-corrected chi connectivity index (χ2v) is 6.65. The van der Waals surface area contributed by atoms with Gasteiger partial charge in [-0.3, -0.25) is 14.2 Å². The van der Waals surface area contributed by atoms with Gasteiger partial charge in [-0.25, -0.2) is 4.98 Å². The molecule has 0 radical (unpaired) electrons. The van der Waals surface area contributed by atoms with Gasteiger partial charge in [-0.05, 0) is 48.7 Å². The predicted octanol–water partition coefficient (Wildman–Crippen LogP) is 3.10. The fourth-order valence-corrected chi connectivity index (χ4v) is 3.07. The summed E-state index contributed by atoms with van der Waals surface area (Å²) in [5.74, 6) is -0.0209. The number of carbonyl (C=O) groups is 2. The normalized spacial score (nSPS) is 10.5. The van der Waals surface area contributed by atoms with E-state index in [0.29, 0.717) is 17.0 Å². The molecule has 0 saturated carbocycles. The Morgan fingerprint density at radius 3 is 2.71 bits per heavy atom. The molecule has 2 amide bonds. The van der Waals surface area contributed by atoms with Crippen molar-refractivity contribution in [2.24, 2.45) is 5.73 Å². The van der Waals surface area contributed by atoms with E-state index in [9.17, 15) is 9.59 Å². The number of carbonyl (C=O) groups excluding carboxylic acids is 2. The van der Waals surface area contributed by atoms with Gasteiger partial charge >= 0.3 is 0 Å². The van der Waals surface area contributed by atoms with Crippen LogP contribution in [0.25, 0.3) is 5.69 Å². The monoisotopic (exact) mass is 396 g/mol. The lowest BCUT2D eigenvalue weighted by molar-refractivity contribution is -0.118. The number of primary amides is 1. The molecule has 2 aromatic carbocycles. The summed E-state index contributed by atoms with van der Waals surface area (Å²) >= 11 is 1.54. The number of aromatic nitrogens is 2. The molecule has 0 saturated heterocycles. The Balaban J connectivity index is 1.66. The second-order valence-electron chi connectivity index (χ2n) is 5.88. The molecule has 3 aromatic rings. The van der Waals surface area contributed by atoms with Crippen molar-refractivity contribution in [2.75, 3.05) is 18.2 Å². The van der Waals surface area contributed by atoms with Crippen LogP contribution in [0.4, 0.5) is 5.69 Å². The molecule has 0 aliphatic carbocycles. The van der Waals surface area contributed by atoms with Crippen LogP contribution in [0.2, 0.25) is 0 Å². The second kappa shape index (κ2) is 9.09. The first-order valence-electron chi connectivity index (χ1n) is 8.57. The summed E-state index contributed by atoms with van der Waals surface area (Å²) in [6.07, 6.45) is 5.70. The summed E-state index contributed by atoms with van der Waals surface area (Å²) in [7, 11) is 0. The number of ether oxygens (including phenoxy) is 1. The fraction of sp³-hybridized carbons (Fsp3) is 0.150. The Labute approximate surface area is 166 Å². The Kier molecular flexibility index (Phi) is 6.33. The lowest BCUT2D eigenvalue weighted by Crippen LogP contribution is -2.14. The molecule has 1 heterocycles. The summed E-state index contributed by atoms with van der Waals surface area (Å²) < 4.78 is 7.35. The Morgan fingerprint density at radius 2 is 2.00 bits per heavy atom. The first-order chi connectivity index (χ1) is 13.6. The topological polar surface area (TPSA) is 99.2 Å². The van der Waals surface area contributed by atoms with E-state index in [0.717, 1.165) is 10.8 Å². The third-order valence-electron chi connectivity index (χ3n) is 3.91. The zero-order valence-corrected chi connectivity index (χ0v) is 16.1. The minimum absolute atomic E-state index is 0.157. The Hall–Kier alpha value is -3.26. The largest absolute Gasteiger partial charge is 0.493 e. The number of amides is 2. The molecule has 0 bridgehead atoms. The number of nitrogens with two attached hydrogens (primary N) is 1. The number of anilines is 1. The van der Waals surface area contributed by atoms with Crippen LogP contribution in [-0.4, -0.2) is 34.2 Å². The number of imidazole rings is 1. The van der Waals surface area contributed by atoms with Crippen molar-refractivity contribution in [1.82, 2.24) is 9.55 Å². The third kappa shape index (κ3) is 4.92. The van der Waals surface area contributed by atoms with E-state index >= 15 is 0 Å². The van der Waals surface area contributed by atoms with Gasteiger partial charge in [-0.15, -0.1) is 0 Å². The summed E-state index contributed by atoms with van der Waals surface area (Å²) in [5.41, 5.74) is 7.13. The number of nitrogens with zero attached hydrogens (tertiary/aromatic N) is 2. The number of benzene rings is 2. The summed E-state index contributed by atoms with van der Waals surface area (Å²) in [5, 5.41) is 3.71. The molecule has 1 aromatic heterocycles. The van der Waals surface area contributed by atoms with Crippen LogP contribution in [0, 0.1) is 0 Å². The van der Waals surface area contributed by atoms with Crippen molar-refractivity contribution in [3.8, 4) is 11.4 Å². The number of nitrogens with one attached hydrogen (secondary N) is 1. The minimum Gasteiger partial charge on any atom is -0.493 e. The van der Waals surface area contributed by atoms with E-state index in [1.807, 2.05) is 35.2 Å². The molecule has 0 aliphatic rings. The van der Waals surface area contributed by atoms with Gasteiger partial charge in [0, 0.05) is 29.3 Å². The number of hydrogen-bond donors (Lipinski definition) is 2. The maximum Gasteiger partial charge on any atom is 0.255 e. The van der Waals surface area contributed by atoms with Gasteiger partial charge in [0.2, 0.25) is 5.91 Å². The quantitative estimate of drug-likeness (QED) is 0.570. The van der Waals surface area contributed by atoms with Crippen molar-refractivity contribution in [3.05, 3.63) is 66.5 Å². The molecule has 28 heavy (non-hydrogen) atoms. The number of rotatable bonds is 8. The number of hydrogen-bond acceptors (Lipinski definition) is 5. The third-order valence-corrected chi connectivity index (χ3v) is 4.57. The molecule has 0 fully saturated rings. The van der Waals surface area contributed by atoms with E-state index in [4.69, 9.17) is 10.5 Å². The van der Waals surface area contributed by atoms with Crippen molar-refractivity contribution < 1.29 is 14.3 Å². The summed E-state index contributed by atoms with van der Waals surface area (Å²) in [6, 6.07) is 14.3. The minimum atomic E-state index is -0.411. The van der Waals surface area contributed by atoms with Gasteiger partial charge in [0.25, 0.3) is 5.91 Å². The molecule has 0 aliphatic heterocycles. The first kappa shape index (κ1) is 19.5. The molecular formula is C20H20N4O3S. The molecule has 0 unspecified atom stereocenters. The Morgan fingerprint density at radius 1 is 1.21 bits per heavy atom. The SMILES string of the molecule is CSc1nccn1-c1cccc(C(=O)Nc2ccc(OCCC(N)=O)cc2)c1. The van der Waals surface area contributed by atoms with Crippen LogP contribution in [-0.2, 0) is 4.79 Å². The zero-order chi connectivity index (χ0) is 19.9. The zero-order valence-electron chi connectivity index (χ0n) is 15.3. The van der Waals surface area contributed by atoms with Crippen LogP contribution in [0.15, 0.2) is 66.1 Å². The molecule has 144 valence electrons. The highest BCUT2D eigenvalue weighted by atomic mass is 32.2. The van der Waals surface area contributed by atoms with Gasteiger partial charge in [0.05, 0.1) is 13.0 Å². The van der Waals surface area contributed by atoms with Crippen molar-refractivity contribution >= 4 is 29.3 Å². The van der Waals surface area contributed by atoms with E-state index in [-0.39, 0.29) is 18.9 Å². The van der Waals surface area contributed by atoms with E-state index in [2.05, 4.69) is 10.3 Å². The van der Waals surface area contributed by atoms with Gasteiger partial charge < -0.3 is 15.8 Å². The van der Waals surface area contributed by atoms with Crippen LogP contribution >= 0.6 is 11.8 Å². The van der Waals surface area contributed by atoms with Crippen LogP contribution in [0.1, 0.15) is 16.8 Å². The average Bonchev–Trinajstić information content (AvgIpc) is 3.18. The maximum atomic E-state index is 12.6. The van der Waals surface area contributed by atoms with Crippen LogP contribution in [0.3, 0.4) is 0 Å². The molecule has 3 N–H and O–H groups in total. The molecule has 0 atom stereocenters. The summed E-state index contributed by atoms with van der Waals surface area (Å²) in [6.45, 7) is 0.222.